The van der Waals surface area contributed by atoms with Crippen LogP contribution < -0.4 is 16.4 Å². The third kappa shape index (κ3) is 14.7. The molecule has 1 heterocycles. The number of nitrogens with zero attached hydrogens (tertiary/aromatic N) is 3. The zero-order valence-corrected chi connectivity index (χ0v) is 21.6. The first-order chi connectivity index (χ1) is 17.3. The number of nitrogens with one attached hydrogen (secondary N) is 2. The quantitative estimate of drug-likeness (QED) is 0.207. The van der Waals surface area contributed by atoms with Crippen LogP contribution in [-0.2, 0) is 22.3 Å². The van der Waals surface area contributed by atoms with E-state index in [1.165, 1.54) is 50.5 Å². The summed E-state index contributed by atoms with van der Waals surface area (Å²) in [5, 5.41) is 6.65. The van der Waals surface area contributed by atoms with Crippen LogP contribution >= 0.6 is 0 Å². The van der Waals surface area contributed by atoms with E-state index in [1.54, 1.807) is 0 Å². The highest BCUT2D eigenvalue weighted by Gasteiger charge is 2.07. The van der Waals surface area contributed by atoms with Gasteiger partial charge in [-0.25, -0.2) is 0 Å². The van der Waals surface area contributed by atoms with Crippen LogP contribution in [-0.4, -0.2) is 61.0 Å². The lowest BCUT2D eigenvalue weighted by Crippen LogP contribution is -2.17. The minimum Gasteiger partial charge on any atom is -0.378 e. The zero-order chi connectivity index (χ0) is 24.8. The number of benzene rings is 1. The van der Waals surface area contributed by atoms with Crippen molar-refractivity contribution in [2.24, 2.45) is 5.73 Å². The number of anilines is 2. The summed E-state index contributed by atoms with van der Waals surface area (Å²) >= 11 is 0. The highest BCUT2D eigenvalue weighted by Crippen LogP contribution is 2.12. The molecule has 0 unspecified atom stereocenters. The van der Waals surface area contributed by atoms with Crippen LogP contribution in [0.5, 0.6) is 0 Å². The standard InChI is InChI=1S/C27H46N6O2/c1-2-3-4-5-6-7-8-12-15-25-31-26(29-18-16-24-13-10-9-11-14-24)33-27(32-25)30-19-21-35-23-22-34-20-17-28/h9-11,13-14H,2-8,12,15-23,28H2,1H3,(H2,29,30,31,32,33). The third-order valence-corrected chi connectivity index (χ3v) is 5.64. The van der Waals surface area contributed by atoms with E-state index in [4.69, 9.17) is 15.2 Å². The fraction of sp³-hybridized carbons (Fsp3) is 0.667. The molecule has 0 spiro atoms. The lowest BCUT2D eigenvalue weighted by molar-refractivity contribution is 0.0547. The van der Waals surface area contributed by atoms with E-state index in [0.717, 1.165) is 31.6 Å². The van der Waals surface area contributed by atoms with Crippen molar-refractivity contribution in [3.63, 3.8) is 0 Å². The molecule has 0 radical (unpaired) electrons. The molecule has 0 aliphatic rings. The average Bonchev–Trinajstić information content (AvgIpc) is 2.88. The molecule has 8 nitrogen and oxygen atoms in total. The molecule has 0 saturated heterocycles. The van der Waals surface area contributed by atoms with Gasteiger partial charge in [-0.2, -0.15) is 15.0 Å². The highest BCUT2D eigenvalue weighted by atomic mass is 16.5. The van der Waals surface area contributed by atoms with Crippen molar-refractivity contribution >= 4 is 11.9 Å². The number of aryl methyl sites for hydroxylation is 1. The summed E-state index contributed by atoms with van der Waals surface area (Å²) in [6.07, 6.45) is 12.1. The molecule has 2 aromatic rings. The van der Waals surface area contributed by atoms with E-state index in [1.807, 2.05) is 6.07 Å². The Morgan fingerprint density at radius 1 is 0.686 bits per heavy atom. The second kappa shape index (κ2) is 20.0. The van der Waals surface area contributed by atoms with Crippen LogP contribution in [0.4, 0.5) is 11.9 Å². The van der Waals surface area contributed by atoms with Gasteiger partial charge in [0.2, 0.25) is 11.9 Å². The zero-order valence-electron chi connectivity index (χ0n) is 21.6. The molecule has 1 aromatic carbocycles. The number of hydrogen-bond donors (Lipinski definition) is 3. The van der Waals surface area contributed by atoms with Crippen molar-refractivity contribution in [1.82, 2.24) is 15.0 Å². The van der Waals surface area contributed by atoms with Crippen molar-refractivity contribution in [2.45, 2.75) is 71.1 Å². The maximum Gasteiger partial charge on any atom is 0.227 e. The second-order valence-electron chi connectivity index (χ2n) is 8.73. The molecule has 35 heavy (non-hydrogen) atoms. The van der Waals surface area contributed by atoms with Crippen molar-refractivity contribution in [3.8, 4) is 0 Å². The first-order valence-corrected chi connectivity index (χ1v) is 13.4. The number of ether oxygens (including phenoxy) is 2. The Hall–Kier alpha value is -2.29. The van der Waals surface area contributed by atoms with Gasteiger partial charge in [0.1, 0.15) is 5.82 Å². The van der Waals surface area contributed by atoms with Gasteiger partial charge >= 0.3 is 0 Å². The fourth-order valence-electron chi connectivity index (χ4n) is 3.71. The molecule has 0 fully saturated rings. The number of aromatic nitrogens is 3. The monoisotopic (exact) mass is 486 g/mol. The fourth-order valence-corrected chi connectivity index (χ4v) is 3.71. The molecule has 0 aliphatic carbocycles. The first kappa shape index (κ1) is 28.9. The van der Waals surface area contributed by atoms with Crippen LogP contribution in [0.3, 0.4) is 0 Å². The molecule has 0 aliphatic heterocycles. The van der Waals surface area contributed by atoms with E-state index in [0.29, 0.717) is 51.4 Å². The molecule has 0 amide bonds. The average molecular weight is 487 g/mol. The summed E-state index contributed by atoms with van der Waals surface area (Å²) in [5.74, 6) is 2.07. The SMILES string of the molecule is CCCCCCCCCCc1nc(NCCOCCOCCN)nc(NCCc2ccccc2)n1. The Morgan fingerprint density at radius 3 is 2.00 bits per heavy atom. The van der Waals surface area contributed by atoms with Crippen molar-refractivity contribution in [2.75, 3.05) is 56.7 Å². The van der Waals surface area contributed by atoms with Gasteiger partial charge < -0.3 is 25.8 Å². The van der Waals surface area contributed by atoms with Crippen LogP contribution in [0.15, 0.2) is 30.3 Å². The number of rotatable bonds is 22. The number of unbranched alkanes of at least 4 members (excludes halogenated alkanes) is 7. The number of nitrogens with two attached hydrogens (primary N) is 1. The molecule has 1 aromatic heterocycles. The van der Waals surface area contributed by atoms with E-state index in [2.05, 4.69) is 56.8 Å². The summed E-state index contributed by atoms with van der Waals surface area (Å²) in [7, 11) is 0. The summed E-state index contributed by atoms with van der Waals surface area (Å²) in [6, 6.07) is 10.4. The lowest BCUT2D eigenvalue weighted by Gasteiger charge is -2.11. The molecule has 0 atom stereocenters. The molecule has 8 heteroatoms. The van der Waals surface area contributed by atoms with Crippen LogP contribution in [0.1, 0.15) is 69.7 Å². The topological polar surface area (TPSA) is 107 Å². The van der Waals surface area contributed by atoms with Gasteiger partial charge in [-0.3, -0.25) is 0 Å². The van der Waals surface area contributed by atoms with Crippen molar-refractivity contribution < 1.29 is 9.47 Å². The van der Waals surface area contributed by atoms with Crippen LogP contribution in [0.2, 0.25) is 0 Å². The van der Waals surface area contributed by atoms with Gasteiger partial charge in [0.15, 0.2) is 0 Å². The van der Waals surface area contributed by atoms with E-state index in [-0.39, 0.29) is 0 Å². The molecule has 0 bridgehead atoms. The van der Waals surface area contributed by atoms with E-state index < -0.39 is 0 Å². The van der Waals surface area contributed by atoms with Gasteiger partial charge in [-0.1, -0.05) is 82.2 Å². The smallest absolute Gasteiger partial charge is 0.227 e. The molecular formula is C27H46N6O2. The van der Waals surface area contributed by atoms with Crippen molar-refractivity contribution in [1.29, 1.82) is 0 Å². The summed E-state index contributed by atoms with van der Waals surface area (Å²) in [4.78, 5) is 13.9. The van der Waals surface area contributed by atoms with Crippen LogP contribution in [0, 0.1) is 0 Å². The van der Waals surface area contributed by atoms with E-state index in [9.17, 15) is 0 Å². The maximum atomic E-state index is 5.59. The Bertz CT molecular complexity index is 724. The summed E-state index contributed by atoms with van der Waals surface area (Å²) in [6.45, 7) is 6.42. The van der Waals surface area contributed by atoms with Gasteiger partial charge in [0, 0.05) is 26.1 Å². The van der Waals surface area contributed by atoms with Crippen molar-refractivity contribution in [3.05, 3.63) is 41.7 Å². The highest BCUT2D eigenvalue weighted by molar-refractivity contribution is 5.34. The molecular weight excluding hydrogens is 440 g/mol. The number of hydrogen-bond acceptors (Lipinski definition) is 8. The Morgan fingerprint density at radius 2 is 1.31 bits per heavy atom. The Kier molecular flexibility index (Phi) is 16.5. The Labute approximate surface area is 211 Å². The first-order valence-electron chi connectivity index (χ1n) is 13.4. The maximum absolute atomic E-state index is 5.59. The normalized spacial score (nSPS) is 11.0. The van der Waals surface area contributed by atoms with Gasteiger partial charge in [-0.15, -0.1) is 0 Å². The minimum atomic E-state index is 0.532. The predicted octanol–water partition coefficient (Wildman–Crippen LogP) is 4.61. The summed E-state index contributed by atoms with van der Waals surface area (Å²) in [5.41, 5.74) is 6.70. The minimum absolute atomic E-state index is 0.532. The molecule has 2 rings (SSSR count). The third-order valence-electron chi connectivity index (χ3n) is 5.64. The summed E-state index contributed by atoms with van der Waals surface area (Å²) < 4.78 is 10.9. The lowest BCUT2D eigenvalue weighted by atomic mass is 10.1. The van der Waals surface area contributed by atoms with Gasteiger partial charge in [-0.05, 0) is 18.4 Å². The molecule has 4 N–H and O–H groups in total. The Balaban J connectivity index is 1.78. The molecule has 196 valence electrons. The van der Waals surface area contributed by atoms with Gasteiger partial charge in [0.25, 0.3) is 0 Å². The van der Waals surface area contributed by atoms with E-state index >= 15 is 0 Å². The molecule has 0 saturated carbocycles. The largest absolute Gasteiger partial charge is 0.378 e. The van der Waals surface area contributed by atoms with Crippen LogP contribution in [0.25, 0.3) is 0 Å². The predicted molar refractivity (Wildman–Crippen MR) is 144 cm³/mol. The van der Waals surface area contributed by atoms with Gasteiger partial charge in [0.05, 0.1) is 26.4 Å². The second-order valence-corrected chi connectivity index (χ2v) is 8.73.